The lowest BCUT2D eigenvalue weighted by Crippen LogP contribution is -1.88. The summed E-state index contributed by atoms with van der Waals surface area (Å²) in [7, 11) is 0. The topological polar surface area (TPSA) is 25.8 Å². The first-order valence-corrected chi connectivity index (χ1v) is 7.28. The molecule has 2 heterocycles. The van der Waals surface area contributed by atoms with Crippen molar-refractivity contribution in [2.75, 3.05) is 0 Å². The van der Waals surface area contributed by atoms with Crippen LogP contribution in [0, 0.1) is 0 Å². The van der Waals surface area contributed by atoms with Crippen molar-refractivity contribution in [2.24, 2.45) is 0 Å². The zero-order valence-electron chi connectivity index (χ0n) is 12.0. The van der Waals surface area contributed by atoms with Gasteiger partial charge >= 0.3 is 0 Å². The Morgan fingerprint density at radius 1 is 0.591 bits per heavy atom. The molecule has 0 atom stereocenters. The Kier molecular flexibility index (Phi) is 3.13. The number of fused-ring (bicyclic) bond motifs is 1. The number of pyridine rings is 2. The first-order chi connectivity index (χ1) is 10.9. The highest BCUT2D eigenvalue weighted by Crippen LogP contribution is 2.24. The number of rotatable bonds is 2. The molecule has 0 saturated heterocycles. The smallest absolute Gasteiger partial charge is 0.0711 e. The van der Waals surface area contributed by atoms with Crippen molar-refractivity contribution in [3.63, 3.8) is 0 Å². The van der Waals surface area contributed by atoms with Gasteiger partial charge < -0.3 is 0 Å². The van der Waals surface area contributed by atoms with Gasteiger partial charge in [-0.1, -0.05) is 54.6 Å². The maximum Gasteiger partial charge on any atom is 0.0711 e. The molecule has 104 valence electrons. The van der Waals surface area contributed by atoms with Gasteiger partial charge in [0.25, 0.3) is 0 Å². The molecule has 0 aliphatic heterocycles. The SMILES string of the molecule is c1ccc(-c2cc(-c3ccc4ccccc4n3)ccn2)cc1. The predicted octanol–water partition coefficient (Wildman–Crippen LogP) is 4.96. The van der Waals surface area contributed by atoms with Gasteiger partial charge in [0.05, 0.1) is 16.9 Å². The summed E-state index contributed by atoms with van der Waals surface area (Å²) in [5.74, 6) is 0. The molecule has 2 aromatic carbocycles. The van der Waals surface area contributed by atoms with E-state index in [1.165, 1.54) is 0 Å². The van der Waals surface area contributed by atoms with Crippen LogP contribution in [0.15, 0.2) is 85.1 Å². The second-order valence-electron chi connectivity index (χ2n) is 5.18. The van der Waals surface area contributed by atoms with Crippen molar-refractivity contribution in [3.8, 4) is 22.5 Å². The van der Waals surface area contributed by atoms with Crippen molar-refractivity contribution in [1.29, 1.82) is 0 Å². The Labute approximate surface area is 129 Å². The molecular formula is C20H14N2. The molecule has 0 saturated carbocycles. The third-order valence-electron chi connectivity index (χ3n) is 3.72. The van der Waals surface area contributed by atoms with E-state index < -0.39 is 0 Å². The summed E-state index contributed by atoms with van der Waals surface area (Å²) in [5.41, 5.74) is 5.15. The van der Waals surface area contributed by atoms with Crippen LogP contribution in [0.5, 0.6) is 0 Å². The fourth-order valence-electron chi connectivity index (χ4n) is 2.58. The fraction of sp³-hybridized carbons (Fsp3) is 0. The van der Waals surface area contributed by atoms with E-state index in [-0.39, 0.29) is 0 Å². The summed E-state index contributed by atoms with van der Waals surface area (Å²) in [5, 5.41) is 1.16. The molecule has 0 bridgehead atoms. The van der Waals surface area contributed by atoms with Crippen LogP contribution < -0.4 is 0 Å². The minimum Gasteiger partial charge on any atom is -0.256 e. The van der Waals surface area contributed by atoms with Gasteiger partial charge in [0.15, 0.2) is 0 Å². The van der Waals surface area contributed by atoms with Crippen molar-refractivity contribution in [2.45, 2.75) is 0 Å². The van der Waals surface area contributed by atoms with Crippen LogP contribution in [-0.2, 0) is 0 Å². The van der Waals surface area contributed by atoms with E-state index in [9.17, 15) is 0 Å². The fourth-order valence-corrected chi connectivity index (χ4v) is 2.58. The lowest BCUT2D eigenvalue weighted by atomic mass is 10.1. The molecule has 2 nitrogen and oxygen atoms in total. The molecule has 0 spiro atoms. The van der Waals surface area contributed by atoms with E-state index in [4.69, 9.17) is 4.98 Å². The number of para-hydroxylation sites is 1. The van der Waals surface area contributed by atoms with Crippen LogP contribution in [0.1, 0.15) is 0 Å². The lowest BCUT2D eigenvalue weighted by Gasteiger charge is -2.06. The average molecular weight is 282 g/mol. The summed E-state index contributed by atoms with van der Waals surface area (Å²) in [6.45, 7) is 0. The van der Waals surface area contributed by atoms with E-state index in [0.717, 1.165) is 33.4 Å². The standard InChI is InChI=1S/C20H14N2/c1-2-6-15(7-3-1)20-14-17(12-13-21-20)19-11-10-16-8-4-5-9-18(16)22-19/h1-14H. The van der Waals surface area contributed by atoms with Crippen LogP contribution in [0.4, 0.5) is 0 Å². The Morgan fingerprint density at radius 3 is 2.32 bits per heavy atom. The molecular weight excluding hydrogens is 268 g/mol. The first kappa shape index (κ1) is 12.7. The Morgan fingerprint density at radius 2 is 1.41 bits per heavy atom. The minimum atomic E-state index is 0.966. The van der Waals surface area contributed by atoms with Crippen molar-refractivity contribution in [3.05, 3.63) is 85.1 Å². The van der Waals surface area contributed by atoms with Crippen LogP contribution in [0.2, 0.25) is 0 Å². The third kappa shape index (κ3) is 2.35. The minimum absolute atomic E-state index is 0.966. The number of hydrogen-bond donors (Lipinski definition) is 0. The summed E-state index contributed by atoms with van der Waals surface area (Å²) in [6.07, 6.45) is 1.84. The van der Waals surface area contributed by atoms with Crippen molar-refractivity contribution >= 4 is 10.9 Å². The predicted molar refractivity (Wildman–Crippen MR) is 90.4 cm³/mol. The van der Waals surface area contributed by atoms with Crippen LogP contribution in [0.3, 0.4) is 0 Å². The summed E-state index contributed by atoms with van der Waals surface area (Å²) < 4.78 is 0. The van der Waals surface area contributed by atoms with E-state index in [2.05, 4.69) is 41.4 Å². The number of nitrogens with zero attached hydrogens (tertiary/aromatic N) is 2. The zero-order chi connectivity index (χ0) is 14.8. The van der Waals surface area contributed by atoms with Gasteiger partial charge in [-0.2, -0.15) is 0 Å². The largest absolute Gasteiger partial charge is 0.256 e. The molecule has 0 amide bonds. The van der Waals surface area contributed by atoms with E-state index in [1.807, 2.05) is 48.7 Å². The molecule has 22 heavy (non-hydrogen) atoms. The summed E-state index contributed by atoms with van der Waals surface area (Å²) >= 11 is 0. The lowest BCUT2D eigenvalue weighted by molar-refractivity contribution is 1.31. The van der Waals surface area contributed by atoms with E-state index >= 15 is 0 Å². The third-order valence-corrected chi connectivity index (χ3v) is 3.72. The van der Waals surface area contributed by atoms with E-state index in [0.29, 0.717) is 0 Å². The number of benzene rings is 2. The van der Waals surface area contributed by atoms with Gasteiger partial charge in [-0.3, -0.25) is 4.98 Å². The monoisotopic (exact) mass is 282 g/mol. The maximum absolute atomic E-state index is 4.75. The molecule has 0 N–H and O–H groups in total. The molecule has 4 aromatic rings. The Balaban J connectivity index is 1.81. The van der Waals surface area contributed by atoms with Crippen molar-refractivity contribution < 1.29 is 0 Å². The Hall–Kier alpha value is -3.00. The maximum atomic E-state index is 4.75. The molecule has 0 fully saturated rings. The zero-order valence-corrected chi connectivity index (χ0v) is 12.0. The molecule has 2 aromatic heterocycles. The quantitative estimate of drug-likeness (QED) is 0.519. The van der Waals surface area contributed by atoms with Gasteiger partial charge in [-0.05, 0) is 24.3 Å². The van der Waals surface area contributed by atoms with Gasteiger partial charge in [-0.15, -0.1) is 0 Å². The van der Waals surface area contributed by atoms with Gasteiger partial charge in [0, 0.05) is 22.7 Å². The second-order valence-corrected chi connectivity index (χ2v) is 5.18. The molecule has 0 unspecified atom stereocenters. The molecule has 0 aliphatic rings. The van der Waals surface area contributed by atoms with Crippen LogP contribution in [0.25, 0.3) is 33.4 Å². The summed E-state index contributed by atoms with van der Waals surface area (Å²) in [4.78, 5) is 9.22. The highest BCUT2D eigenvalue weighted by Gasteiger charge is 2.04. The van der Waals surface area contributed by atoms with Gasteiger partial charge in [0.2, 0.25) is 0 Å². The van der Waals surface area contributed by atoms with Gasteiger partial charge in [-0.25, -0.2) is 4.98 Å². The second kappa shape index (κ2) is 5.41. The average Bonchev–Trinajstić information content (AvgIpc) is 2.62. The van der Waals surface area contributed by atoms with E-state index in [1.54, 1.807) is 0 Å². The van der Waals surface area contributed by atoms with Gasteiger partial charge in [0.1, 0.15) is 0 Å². The first-order valence-electron chi connectivity index (χ1n) is 7.28. The Bertz CT molecular complexity index is 930. The normalized spacial score (nSPS) is 10.7. The molecule has 0 radical (unpaired) electrons. The molecule has 4 rings (SSSR count). The van der Waals surface area contributed by atoms with Crippen LogP contribution >= 0.6 is 0 Å². The highest BCUT2D eigenvalue weighted by molar-refractivity contribution is 5.81. The molecule has 2 heteroatoms. The summed E-state index contributed by atoms with van der Waals surface area (Å²) in [6, 6.07) is 26.6. The number of hydrogen-bond acceptors (Lipinski definition) is 2. The number of aromatic nitrogens is 2. The molecule has 0 aliphatic carbocycles. The van der Waals surface area contributed by atoms with Crippen LogP contribution in [-0.4, -0.2) is 9.97 Å². The van der Waals surface area contributed by atoms with Crippen molar-refractivity contribution in [1.82, 2.24) is 9.97 Å². The highest BCUT2D eigenvalue weighted by atomic mass is 14.7.